The van der Waals surface area contributed by atoms with Gasteiger partial charge in [-0.1, -0.05) is 35.5 Å². The number of terminal acetylenes is 1. The van der Waals surface area contributed by atoms with Crippen LogP contribution in [0.2, 0.25) is 0 Å². The van der Waals surface area contributed by atoms with Crippen molar-refractivity contribution in [2.75, 3.05) is 32.7 Å². The molecule has 0 saturated carbocycles. The molecule has 0 aliphatic carbocycles. The molecular formula is C19H21N3O2. The molecule has 0 atom stereocenters. The van der Waals surface area contributed by atoms with Gasteiger partial charge in [0.2, 0.25) is 0 Å². The van der Waals surface area contributed by atoms with Gasteiger partial charge >= 0.3 is 0 Å². The van der Waals surface area contributed by atoms with E-state index in [1.807, 2.05) is 35.2 Å². The second-order valence-corrected chi connectivity index (χ2v) is 5.92. The molecule has 1 fully saturated rings. The maximum absolute atomic E-state index is 13.0. The molecule has 3 rings (SSSR count). The number of piperazine rings is 1. The molecule has 24 heavy (non-hydrogen) atoms. The smallest absolute Gasteiger partial charge is 0.259 e. The van der Waals surface area contributed by atoms with Crippen LogP contribution >= 0.6 is 0 Å². The van der Waals surface area contributed by atoms with Crippen molar-refractivity contribution in [3.8, 4) is 23.6 Å². The van der Waals surface area contributed by atoms with Gasteiger partial charge in [0, 0.05) is 44.7 Å². The summed E-state index contributed by atoms with van der Waals surface area (Å²) in [5.74, 6) is 3.22. The summed E-state index contributed by atoms with van der Waals surface area (Å²) in [5, 5.41) is 4.10. The predicted octanol–water partition coefficient (Wildman–Crippen LogP) is 2.43. The van der Waals surface area contributed by atoms with Gasteiger partial charge in [0.25, 0.3) is 5.91 Å². The van der Waals surface area contributed by atoms with Crippen molar-refractivity contribution in [2.24, 2.45) is 0 Å². The van der Waals surface area contributed by atoms with Crippen molar-refractivity contribution < 1.29 is 9.32 Å². The molecule has 0 spiro atoms. The minimum atomic E-state index is -0.01000. The fraction of sp³-hybridized carbons (Fsp3) is 0.368. The van der Waals surface area contributed by atoms with E-state index in [1.165, 1.54) is 0 Å². The molecule has 0 N–H and O–H groups in total. The first-order valence-corrected chi connectivity index (χ1v) is 8.17. The van der Waals surface area contributed by atoms with Crippen LogP contribution in [0.4, 0.5) is 0 Å². The van der Waals surface area contributed by atoms with Gasteiger partial charge in [0.15, 0.2) is 0 Å². The molecule has 5 nitrogen and oxygen atoms in total. The monoisotopic (exact) mass is 323 g/mol. The first-order chi connectivity index (χ1) is 11.7. The summed E-state index contributed by atoms with van der Waals surface area (Å²) >= 11 is 0. The highest BCUT2D eigenvalue weighted by Gasteiger charge is 2.28. The maximum atomic E-state index is 13.0. The summed E-state index contributed by atoms with van der Waals surface area (Å²) in [7, 11) is 0. The van der Waals surface area contributed by atoms with E-state index >= 15 is 0 Å². The van der Waals surface area contributed by atoms with Gasteiger partial charge in [0.05, 0.1) is 0 Å². The van der Waals surface area contributed by atoms with Crippen molar-refractivity contribution in [1.82, 2.24) is 15.0 Å². The van der Waals surface area contributed by atoms with Crippen molar-refractivity contribution in [2.45, 2.75) is 13.3 Å². The van der Waals surface area contributed by atoms with E-state index in [9.17, 15) is 4.79 Å². The number of nitrogens with zero attached hydrogens (tertiary/aromatic N) is 3. The predicted molar refractivity (Wildman–Crippen MR) is 92.5 cm³/mol. The summed E-state index contributed by atoms with van der Waals surface area (Å²) < 4.78 is 5.31. The van der Waals surface area contributed by atoms with Crippen LogP contribution in [0.25, 0.3) is 11.3 Å². The lowest BCUT2D eigenvalue weighted by Crippen LogP contribution is -2.48. The average molecular weight is 323 g/mol. The number of carbonyl (C=O) groups is 1. The molecule has 1 aromatic heterocycles. The van der Waals surface area contributed by atoms with Crippen LogP contribution < -0.4 is 0 Å². The zero-order chi connectivity index (χ0) is 16.9. The Morgan fingerprint density at radius 3 is 2.62 bits per heavy atom. The fourth-order valence-corrected chi connectivity index (χ4v) is 2.97. The third-order valence-electron chi connectivity index (χ3n) is 4.36. The Balaban J connectivity index is 1.75. The molecule has 124 valence electrons. The van der Waals surface area contributed by atoms with Crippen molar-refractivity contribution in [3.63, 3.8) is 0 Å². The van der Waals surface area contributed by atoms with Crippen LogP contribution in [0.3, 0.4) is 0 Å². The maximum Gasteiger partial charge on any atom is 0.259 e. The Morgan fingerprint density at radius 1 is 1.25 bits per heavy atom. The van der Waals surface area contributed by atoms with Gasteiger partial charge in [-0.05, 0) is 6.92 Å². The van der Waals surface area contributed by atoms with Gasteiger partial charge in [0.1, 0.15) is 17.0 Å². The number of aromatic nitrogens is 1. The highest BCUT2D eigenvalue weighted by molar-refractivity contribution is 6.00. The van der Waals surface area contributed by atoms with Crippen LogP contribution in [-0.4, -0.2) is 53.6 Å². The molecule has 5 heteroatoms. The number of amides is 1. The van der Waals surface area contributed by atoms with Gasteiger partial charge in [-0.2, -0.15) is 0 Å². The Hall–Kier alpha value is -2.58. The Kier molecular flexibility index (Phi) is 4.97. The Labute approximate surface area is 142 Å². The summed E-state index contributed by atoms with van der Waals surface area (Å²) in [4.78, 5) is 17.1. The normalized spacial score (nSPS) is 15.2. The highest BCUT2D eigenvalue weighted by atomic mass is 16.5. The van der Waals surface area contributed by atoms with Gasteiger partial charge < -0.3 is 9.42 Å². The molecule has 1 aliphatic rings. The number of benzene rings is 1. The first-order valence-electron chi connectivity index (χ1n) is 8.17. The second kappa shape index (κ2) is 7.33. The lowest BCUT2D eigenvalue weighted by atomic mass is 10.0. The van der Waals surface area contributed by atoms with Crippen LogP contribution in [-0.2, 0) is 0 Å². The quantitative estimate of drug-likeness (QED) is 0.811. The summed E-state index contributed by atoms with van der Waals surface area (Å²) in [6.45, 7) is 5.76. The average Bonchev–Trinajstić information content (AvgIpc) is 3.02. The molecule has 1 saturated heterocycles. The largest absolute Gasteiger partial charge is 0.360 e. The minimum Gasteiger partial charge on any atom is -0.360 e. The summed E-state index contributed by atoms with van der Waals surface area (Å²) in [5.41, 5.74) is 2.08. The minimum absolute atomic E-state index is 0.01000. The van der Waals surface area contributed by atoms with Crippen LogP contribution in [0, 0.1) is 19.3 Å². The molecule has 2 aromatic rings. The van der Waals surface area contributed by atoms with Gasteiger partial charge in [-0.15, -0.1) is 12.3 Å². The zero-order valence-electron chi connectivity index (χ0n) is 13.9. The highest BCUT2D eigenvalue weighted by Crippen LogP contribution is 2.26. The number of aryl methyl sites for hydroxylation is 1. The molecule has 0 unspecified atom stereocenters. The van der Waals surface area contributed by atoms with E-state index in [0.717, 1.165) is 31.6 Å². The van der Waals surface area contributed by atoms with E-state index < -0.39 is 0 Å². The molecular weight excluding hydrogens is 302 g/mol. The third kappa shape index (κ3) is 3.34. The second-order valence-electron chi connectivity index (χ2n) is 5.92. The van der Waals surface area contributed by atoms with E-state index in [2.05, 4.69) is 16.0 Å². The first kappa shape index (κ1) is 16.3. The van der Waals surface area contributed by atoms with Gasteiger partial charge in [-0.3, -0.25) is 9.69 Å². The molecule has 1 amide bonds. The third-order valence-corrected chi connectivity index (χ3v) is 4.36. The van der Waals surface area contributed by atoms with E-state index in [-0.39, 0.29) is 5.91 Å². The molecule has 1 aliphatic heterocycles. The lowest BCUT2D eigenvalue weighted by molar-refractivity contribution is 0.0639. The van der Waals surface area contributed by atoms with Crippen LogP contribution in [0.1, 0.15) is 22.5 Å². The number of rotatable bonds is 4. The van der Waals surface area contributed by atoms with E-state index in [0.29, 0.717) is 30.1 Å². The zero-order valence-corrected chi connectivity index (χ0v) is 13.9. The topological polar surface area (TPSA) is 49.6 Å². The lowest BCUT2D eigenvalue weighted by Gasteiger charge is -2.34. The number of hydrogen-bond donors (Lipinski definition) is 0. The van der Waals surface area contributed by atoms with Crippen molar-refractivity contribution in [3.05, 3.63) is 41.7 Å². The standard InChI is InChI=1S/C19H21N3O2/c1-3-4-10-21-11-13-22(14-12-21)19(23)17-15(2)24-20-18(17)16-8-6-5-7-9-16/h1,5-9H,4,10-14H2,2H3. The van der Waals surface area contributed by atoms with Crippen LogP contribution in [0.5, 0.6) is 0 Å². The molecule has 2 heterocycles. The Bertz CT molecular complexity index is 738. The fourth-order valence-electron chi connectivity index (χ4n) is 2.97. The van der Waals surface area contributed by atoms with Gasteiger partial charge in [-0.25, -0.2) is 0 Å². The van der Waals surface area contributed by atoms with Crippen molar-refractivity contribution >= 4 is 5.91 Å². The molecule has 0 radical (unpaired) electrons. The Morgan fingerprint density at radius 2 is 1.96 bits per heavy atom. The summed E-state index contributed by atoms with van der Waals surface area (Å²) in [6.07, 6.45) is 6.06. The number of carbonyl (C=O) groups excluding carboxylic acids is 1. The molecule has 0 bridgehead atoms. The van der Waals surface area contributed by atoms with E-state index in [1.54, 1.807) is 6.92 Å². The molecule has 1 aromatic carbocycles. The van der Waals surface area contributed by atoms with E-state index in [4.69, 9.17) is 10.9 Å². The van der Waals surface area contributed by atoms with Crippen molar-refractivity contribution in [1.29, 1.82) is 0 Å². The summed E-state index contributed by atoms with van der Waals surface area (Å²) in [6, 6.07) is 9.67. The SMILES string of the molecule is C#CCCN1CCN(C(=O)c2c(-c3ccccc3)noc2C)CC1. The van der Waals surface area contributed by atoms with Crippen LogP contribution in [0.15, 0.2) is 34.9 Å². The number of hydrogen-bond acceptors (Lipinski definition) is 4.